The van der Waals surface area contributed by atoms with Gasteiger partial charge in [0.05, 0.1) is 22.4 Å². The number of para-hydroxylation sites is 1. The predicted molar refractivity (Wildman–Crippen MR) is 83.0 cm³/mol. The number of thioether (sulfide) groups is 2. The fraction of sp³-hybridized carbons (Fsp3) is 0.357. The van der Waals surface area contributed by atoms with E-state index in [1.165, 1.54) is 0 Å². The van der Waals surface area contributed by atoms with Crippen LogP contribution in [0.15, 0.2) is 34.2 Å². The standard InChI is InChI=1S/C14H16N2OS2/c1-16-11-7-5-4-6-10(11)14(17,8-9-15)12(16)13(18-2)19-3/h4-7,17H,8H2,1-3H3. The summed E-state index contributed by atoms with van der Waals surface area (Å²) < 4.78 is 1.04. The number of aliphatic hydroxyl groups is 1. The highest BCUT2D eigenvalue weighted by Crippen LogP contribution is 2.51. The van der Waals surface area contributed by atoms with Gasteiger partial charge in [-0.25, -0.2) is 0 Å². The van der Waals surface area contributed by atoms with Crippen molar-refractivity contribution in [2.45, 2.75) is 12.0 Å². The molecule has 3 nitrogen and oxygen atoms in total. The number of likely N-dealkylation sites (N-methyl/N-ethyl adjacent to an activating group) is 1. The van der Waals surface area contributed by atoms with Gasteiger partial charge in [-0.15, -0.1) is 23.5 Å². The van der Waals surface area contributed by atoms with Crippen molar-refractivity contribution < 1.29 is 5.11 Å². The zero-order chi connectivity index (χ0) is 14.0. The van der Waals surface area contributed by atoms with Gasteiger partial charge in [0.1, 0.15) is 5.60 Å². The maximum absolute atomic E-state index is 11.1. The topological polar surface area (TPSA) is 47.3 Å². The van der Waals surface area contributed by atoms with Crippen molar-refractivity contribution in [2.24, 2.45) is 0 Å². The molecule has 1 aliphatic rings. The summed E-state index contributed by atoms with van der Waals surface area (Å²) in [6.45, 7) is 0. The van der Waals surface area contributed by atoms with Crippen LogP contribution in [0, 0.1) is 11.3 Å². The number of hydrogen-bond donors (Lipinski definition) is 1. The van der Waals surface area contributed by atoms with Gasteiger partial charge in [-0.3, -0.25) is 0 Å². The van der Waals surface area contributed by atoms with Gasteiger partial charge in [-0.1, -0.05) is 18.2 Å². The molecule has 0 saturated carbocycles. The van der Waals surface area contributed by atoms with Gasteiger partial charge < -0.3 is 10.0 Å². The lowest BCUT2D eigenvalue weighted by Gasteiger charge is -2.27. The minimum atomic E-state index is -1.21. The molecular weight excluding hydrogens is 276 g/mol. The number of hydrogen-bond acceptors (Lipinski definition) is 5. The second kappa shape index (κ2) is 5.49. The zero-order valence-corrected chi connectivity index (χ0v) is 12.8. The summed E-state index contributed by atoms with van der Waals surface area (Å²) in [5.41, 5.74) is 1.39. The minimum Gasteiger partial charge on any atom is -0.378 e. The molecule has 1 atom stereocenters. The molecule has 2 rings (SSSR count). The first-order valence-corrected chi connectivity index (χ1v) is 8.30. The lowest BCUT2D eigenvalue weighted by Crippen LogP contribution is -2.29. The molecular formula is C14H16N2OS2. The van der Waals surface area contributed by atoms with Crippen LogP contribution in [0.2, 0.25) is 0 Å². The van der Waals surface area contributed by atoms with E-state index in [9.17, 15) is 5.11 Å². The Morgan fingerprint density at radius 3 is 2.58 bits per heavy atom. The average Bonchev–Trinajstić information content (AvgIpc) is 2.64. The zero-order valence-electron chi connectivity index (χ0n) is 11.2. The lowest BCUT2D eigenvalue weighted by molar-refractivity contribution is 0.0869. The number of nitriles is 1. The fourth-order valence-electron chi connectivity index (χ4n) is 2.52. The first kappa shape index (κ1) is 14.3. The smallest absolute Gasteiger partial charge is 0.146 e. The van der Waals surface area contributed by atoms with Crippen LogP contribution in [0.3, 0.4) is 0 Å². The number of rotatable bonds is 3. The van der Waals surface area contributed by atoms with Crippen molar-refractivity contribution in [2.75, 3.05) is 24.5 Å². The number of nitrogens with zero attached hydrogens (tertiary/aromatic N) is 2. The number of anilines is 1. The molecule has 0 amide bonds. The fourth-order valence-corrected chi connectivity index (χ4v) is 4.18. The summed E-state index contributed by atoms with van der Waals surface area (Å²) in [7, 11) is 1.94. The van der Waals surface area contributed by atoms with Crippen LogP contribution in [0.5, 0.6) is 0 Å². The van der Waals surface area contributed by atoms with Crippen LogP contribution in [-0.2, 0) is 5.60 Å². The molecule has 0 saturated heterocycles. The van der Waals surface area contributed by atoms with Crippen molar-refractivity contribution in [1.82, 2.24) is 0 Å². The van der Waals surface area contributed by atoms with E-state index in [0.29, 0.717) is 0 Å². The molecule has 0 aromatic heterocycles. The Labute approximate surface area is 122 Å². The molecule has 0 aliphatic carbocycles. The van der Waals surface area contributed by atoms with Crippen molar-refractivity contribution in [3.05, 3.63) is 39.8 Å². The summed E-state index contributed by atoms with van der Waals surface area (Å²) in [4.78, 5) is 2.00. The molecule has 1 aromatic carbocycles. The van der Waals surface area contributed by atoms with Crippen molar-refractivity contribution in [1.29, 1.82) is 5.26 Å². The Bertz CT molecular complexity index is 559. The SMILES string of the molecule is CSC(SC)=C1N(C)c2ccccc2C1(O)CC#N. The molecule has 1 aliphatic heterocycles. The highest BCUT2D eigenvalue weighted by Gasteiger charge is 2.46. The van der Waals surface area contributed by atoms with E-state index in [1.807, 2.05) is 48.7 Å². The molecule has 5 heteroatoms. The average molecular weight is 292 g/mol. The Morgan fingerprint density at radius 2 is 2.00 bits per heavy atom. The summed E-state index contributed by atoms with van der Waals surface area (Å²) in [6, 6.07) is 9.83. The van der Waals surface area contributed by atoms with E-state index in [2.05, 4.69) is 6.07 Å². The molecule has 0 radical (unpaired) electrons. The van der Waals surface area contributed by atoms with E-state index < -0.39 is 5.60 Å². The third-order valence-electron chi connectivity index (χ3n) is 3.34. The van der Waals surface area contributed by atoms with Crippen LogP contribution in [-0.4, -0.2) is 24.7 Å². The van der Waals surface area contributed by atoms with Gasteiger partial charge in [0.2, 0.25) is 0 Å². The molecule has 0 spiro atoms. The summed E-state index contributed by atoms with van der Waals surface area (Å²) >= 11 is 3.20. The quantitative estimate of drug-likeness (QED) is 0.927. The molecule has 1 N–H and O–H groups in total. The molecule has 1 aromatic rings. The van der Waals surface area contributed by atoms with Gasteiger partial charge in [0, 0.05) is 18.3 Å². The highest BCUT2D eigenvalue weighted by molar-refractivity contribution is 8.21. The second-order valence-electron chi connectivity index (χ2n) is 4.32. The lowest BCUT2D eigenvalue weighted by atomic mass is 9.91. The van der Waals surface area contributed by atoms with Crippen molar-refractivity contribution in [3.63, 3.8) is 0 Å². The van der Waals surface area contributed by atoms with Gasteiger partial charge in [0.15, 0.2) is 0 Å². The first-order chi connectivity index (χ1) is 9.10. The number of fused-ring (bicyclic) bond motifs is 1. The van der Waals surface area contributed by atoms with Crippen LogP contribution < -0.4 is 4.90 Å². The largest absolute Gasteiger partial charge is 0.378 e. The van der Waals surface area contributed by atoms with Crippen molar-refractivity contribution >= 4 is 29.2 Å². The third kappa shape index (κ3) is 2.14. The predicted octanol–water partition coefficient (Wildman–Crippen LogP) is 3.13. The molecule has 1 heterocycles. The molecule has 100 valence electrons. The maximum Gasteiger partial charge on any atom is 0.146 e. The molecule has 1 unspecified atom stereocenters. The molecule has 0 fully saturated rings. The van der Waals surface area contributed by atoms with Gasteiger partial charge in [-0.05, 0) is 18.6 Å². The molecule has 19 heavy (non-hydrogen) atoms. The Balaban J connectivity index is 2.71. The van der Waals surface area contributed by atoms with E-state index in [4.69, 9.17) is 5.26 Å². The van der Waals surface area contributed by atoms with Crippen LogP contribution in [0.1, 0.15) is 12.0 Å². The van der Waals surface area contributed by atoms with Gasteiger partial charge >= 0.3 is 0 Å². The van der Waals surface area contributed by atoms with Crippen molar-refractivity contribution in [3.8, 4) is 6.07 Å². The highest BCUT2D eigenvalue weighted by atomic mass is 32.2. The maximum atomic E-state index is 11.1. The van der Waals surface area contributed by atoms with E-state index >= 15 is 0 Å². The summed E-state index contributed by atoms with van der Waals surface area (Å²) in [5.74, 6) is 0. The second-order valence-corrected chi connectivity index (χ2v) is 6.21. The molecule has 0 bridgehead atoms. The third-order valence-corrected chi connectivity index (χ3v) is 5.47. The summed E-state index contributed by atoms with van der Waals surface area (Å²) in [6.07, 6.45) is 4.04. The normalized spacial score (nSPS) is 21.2. The van der Waals surface area contributed by atoms with Gasteiger partial charge in [0.25, 0.3) is 0 Å². The van der Waals surface area contributed by atoms with E-state index in [1.54, 1.807) is 23.5 Å². The minimum absolute atomic E-state index is 0.0638. The summed E-state index contributed by atoms with van der Waals surface area (Å²) in [5, 5.41) is 20.1. The Kier molecular flexibility index (Phi) is 4.14. The Hall–Kier alpha value is -1.09. The van der Waals surface area contributed by atoms with Crippen LogP contribution >= 0.6 is 23.5 Å². The Morgan fingerprint density at radius 1 is 1.37 bits per heavy atom. The van der Waals surface area contributed by atoms with Crippen LogP contribution in [0.4, 0.5) is 5.69 Å². The number of benzene rings is 1. The van der Waals surface area contributed by atoms with E-state index in [-0.39, 0.29) is 6.42 Å². The monoisotopic (exact) mass is 292 g/mol. The van der Waals surface area contributed by atoms with E-state index in [0.717, 1.165) is 21.2 Å². The van der Waals surface area contributed by atoms with Gasteiger partial charge in [-0.2, -0.15) is 5.26 Å². The van der Waals surface area contributed by atoms with Crippen LogP contribution in [0.25, 0.3) is 0 Å². The first-order valence-electron chi connectivity index (χ1n) is 5.85.